The molecule has 2 nitrogen and oxygen atoms in total. The van der Waals surface area contributed by atoms with Gasteiger partial charge in [-0.2, -0.15) is 0 Å². The maximum atomic E-state index is 11.4. The quantitative estimate of drug-likeness (QED) is 0.808. The highest BCUT2D eigenvalue weighted by molar-refractivity contribution is 7.90. The van der Waals surface area contributed by atoms with Crippen LogP contribution >= 0.6 is 11.6 Å². The van der Waals surface area contributed by atoms with Crippen molar-refractivity contribution in [2.45, 2.75) is 17.2 Å². The minimum absolute atomic E-state index is 0.269. The minimum Gasteiger partial charge on any atom is -0.224 e. The van der Waals surface area contributed by atoms with Gasteiger partial charge in [-0.1, -0.05) is 42.0 Å². The first-order chi connectivity index (χ1) is 8.88. The van der Waals surface area contributed by atoms with Crippen LogP contribution in [0.15, 0.2) is 53.4 Å². The zero-order chi connectivity index (χ0) is 14.0. The van der Waals surface area contributed by atoms with Gasteiger partial charge >= 0.3 is 0 Å². The van der Waals surface area contributed by atoms with E-state index in [4.69, 9.17) is 11.6 Å². The highest BCUT2D eigenvalue weighted by Crippen LogP contribution is 2.29. The van der Waals surface area contributed by atoms with Gasteiger partial charge in [-0.05, 0) is 30.2 Å². The molecular weight excluding hydrogens is 280 g/mol. The summed E-state index contributed by atoms with van der Waals surface area (Å²) in [5, 5.41) is -0.269. The van der Waals surface area contributed by atoms with Crippen LogP contribution in [0.2, 0.25) is 0 Å². The van der Waals surface area contributed by atoms with Crippen molar-refractivity contribution >= 4 is 21.4 Å². The molecule has 100 valence electrons. The lowest BCUT2D eigenvalue weighted by atomic mass is 10.0. The van der Waals surface area contributed by atoms with Crippen molar-refractivity contribution in [1.29, 1.82) is 0 Å². The van der Waals surface area contributed by atoms with E-state index < -0.39 is 9.84 Å². The van der Waals surface area contributed by atoms with Gasteiger partial charge in [0.25, 0.3) is 0 Å². The Balaban J connectivity index is 2.30. The summed E-state index contributed by atoms with van der Waals surface area (Å²) in [6.07, 6.45) is 1.19. The first-order valence-corrected chi connectivity index (χ1v) is 8.21. The molecule has 2 rings (SSSR count). The van der Waals surface area contributed by atoms with Crippen LogP contribution in [0, 0.1) is 6.92 Å². The van der Waals surface area contributed by atoms with Crippen molar-refractivity contribution < 1.29 is 8.42 Å². The molecule has 2 aromatic rings. The van der Waals surface area contributed by atoms with Crippen LogP contribution in [0.1, 0.15) is 22.1 Å². The maximum Gasteiger partial charge on any atom is 0.175 e. The van der Waals surface area contributed by atoms with Crippen LogP contribution in [0.4, 0.5) is 0 Å². The zero-order valence-corrected chi connectivity index (χ0v) is 12.4. The van der Waals surface area contributed by atoms with Gasteiger partial charge in [0.05, 0.1) is 10.3 Å². The number of benzene rings is 2. The Morgan fingerprint density at radius 1 is 0.895 bits per heavy atom. The topological polar surface area (TPSA) is 34.1 Å². The van der Waals surface area contributed by atoms with Gasteiger partial charge < -0.3 is 0 Å². The molecule has 0 N–H and O–H groups in total. The number of alkyl halides is 1. The maximum absolute atomic E-state index is 11.4. The van der Waals surface area contributed by atoms with Crippen LogP contribution in [0.25, 0.3) is 0 Å². The van der Waals surface area contributed by atoms with Gasteiger partial charge in [-0.3, -0.25) is 0 Å². The second kappa shape index (κ2) is 5.35. The van der Waals surface area contributed by atoms with Crippen LogP contribution in [0.3, 0.4) is 0 Å². The molecule has 0 bridgehead atoms. The summed E-state index contributed by atoms with van der Waals surface area (Å²) in [5.74, 6) is 0. The van der Waals surface area contributed by atoms with Crippen LogP contribution in [0.5, 0.6) is 0 Å². The second-order valence-corrected chi connectivity index (χ2v) is 7.07. The van der Waals surface area contributed by atoms with E-state index in [9.17, 15) is 8.42 Å². The Kier molecular flexibility index (Phi) is 3.97. The summed E-state index contributed by atoms with van der Waals surface area (Å²) in [7, 11) is -3.16. The number of sulfone groups is 1. The lowest BCUT2D eigenvalue weighted by Gasteiger charge is -2.11. The molecule has 0 fully saturated rings. The van der Waals surface area contributed by atoms with E-state index in [0.29, 0.717) is 4.90 Å². The largest absolute Gasteiger partial charge is 0.224 e. The van der Waals surface area contributed by atoms with Crippen molar-refractivity contribution in [2.24, 2.45) is 0 Å². The Hall–Kier alpha value is -1.32. The standard InChI is InChI=1S/C15H15ClO2S/c1-11-3-5-12(6-4-11)15(16)13-7-9-14(10-8-13)19(2,17)18/h3-10,15H,1-2H3. The van der Waals surface area contributed by atoms with Gasteiger partial charge in [-0.15, -0.1) is 11.6 Å². The van der Waals surface area contributed by atoms with E-state index >= 15 is 0 Å². The van der Waals surface area contributed by atoms with Crippen molar-refractivity contribution in [3.8, 4) is 0 Å². The number of hydrogen-bond acceptors (Lipinski definition) is 2. The second-order valence-electron chi connectivity index (χ2n) is 4.61. The summed E-state index contributed by atoms with van der Waals surface area (Å²) in [4.78, 5) is 0.309. The third kappa shape index (κ3) is 3.37. The summed E-state index contributed by atoms with van der Waals surface area (Å²) in [6, 6.07) is 14.7. The third-order valence-corrected chi connectivity index (χ3v) is 4.60. The minimum atomic E-state index is -3.16. The Morgan fingerprint density at radius 3 is 1.74 bits per heavy atom. The average molecular weight is 295 g/mol. The molecular formula is C15H15ClO2S. The lowest BCUT2D eigenvalue weighted by molar-refractivity contribution is 0.602. The Morgan fingerprint density at radius 2 is 1.32 bits per heavy atom. The Bertz CT molecular complexity index is 658. The van der Waals surface area contributed by atoms with Crippen LogP contribution in [-0.4, -0.2) is 14.7 Å². The monoisotopic (exact) mass is 294 g/mol. The van der Waals surface area contributed by atoms with Gasteiger partial charge in [0.15, 0.2) is 9.84 Å². The summed E-state index contributed by atoms with van der Waals surface area (Å²) >= 11 is 6.40. The predicted octanol–water partition coefficient (Wildman–Crippen LogP) is 3.73. The fourth-order valence-corrected chi connectivity index (χ4v) is 2.73. The highest BCUT2D eigenvalue weighted by Gasteiger charge is 2.12. The van der Waals surface area contributed by atoms with Gasteiger partial charge in [0.1, 0.15) is 0 Å². The molecule has 0 amide bonds. The normalized spacial score (nSPS) is 13.2. The van der Waals surface area contributed by atoms with E-state index in [2.05, 4.69) is 0 Å². The van der Waals surface area contributed by atoms with Gasteiger partial charge in [0, 0.05) is 6.26 Å². The van der Waals surface area contributed by atoms with Crippen LogP contribution < -0.4 is 0 Å². The molecule has 0 spiro atoms. The fourth-order valence-electron chi connectivity index (χ4n) is 1.81. The number of aryl methyl sites for hydroxylation is 1. The summed E-state index contributed by atoms with van der Waals surface area (Å²) in [6.45, 7) is 2.02. The molecule has 19 heavy (non-hydrogen) atoms. The van der Waals surface area contributed by atoms with Crippen molar-refractivity contribution in [3.63, 3.8) is 0 Å². The molecule has 0 aromatic heterocycles. The molecule has 0 saturated carbocycles. The highest BCUT2D eigenvalue weighted by atomic mass is 35.5. The average Bonchev–Trinajstić information content (AvgIpc) is 2.38. The Labute approximate surface area is 119 Å². The zero-order valence-electron chi connectivity index (χ0n) is 10.8. The van der Waals surface area contributed by atoms with E-state index in [1.807, 2.05) is 31.2 Å². The number of hydrogen-bond donors (Lipinski definition) is 0. The van der Waals surface area contributed by atoms with Gasteiger partial charge in [-0.25, -0.2) is 8.42 Å². The molecule has 4 heteroatoms. The van der Waals surface area contributed by atoms with Gasteiger partial charge in [0.2, 0.25) is 0 Å². The molecule has 0 aliphatic carbocycles. The predicted molar refractivity (Wildman–Crippen MR) is 78.4 cm³/mol. The molecule has 2 aromatic carbocycles. The molecule has 0 saturated heterocycles. The lowest BCUT2D eigenvalue weighted by Crippen LogP contribution is -1.98. The molecule has 0 aliphatic rings. The molecule has 0 radical (unpaired) electrons. The van der Waals surface area contributed by atoms with Crippen molar-refractivity contribution in [3.05, 3.63) is 65.2 Å². The number of halogens is 1. The summed E-state index contributed by atoms with van der Waals surface area (Å²) < 4.78 is 22.8. The smallest absolute Gasteiger partial charge is 0.175 e. The van der Waals surface area contributed by atoms with E-state index in [0.717, 1.165) is 11.1 Å². The molecule has 0 aliphatic heterocycles. The van der Waals surface area contributed by atoms with Crippen LogP contribution in [-0.2, 0) is 9.84 Å². The first-order valence-electron chi connectivity index (χ1n) is 5.88. The molecule has 1 unspecified atom stereocenters. The molecule has 1 atom stereocenters. The molecule has 0 heterocycles. The first kappa shape index (κ1) is 14.1. The number of rotatable bonds is 3. The van der Waals surface area contributed by atoms with Crippen molar-refractivity contribution in [2.75, 3.05) is 6.26 Å². The SMILES string of the molecule is Cc1ccc(C(Cl)c2ccc(S(C)(=O)=O)cc2)cc1. The summed E-state index contributed by atoms with van der Waals surface area (Å²) in [5.41, 5.74) is 3.07. The third-order valence-electron chi connectivity index (χ3n) is 2.97. The van der Waals surface area contributed by atoms with E-state index in [1.54, 1.807) is 24.3 Å². The van der Waals surface area contributed by atoms with E-state index in [-0.39, 0.29) is 5.38 Å². The van der Waals surface area contributed by atoms with Crippen molar-refractivity contribution in [1.82, 2.24) is 0 Å². The fraction of sp³-hybridized carbons (Fsp3) is 0.200. The van der Waals surface area contributed by atoms with E-state index in [1.165, 1.54) is 11.8 Å².